The predicted molar refractivity (Wildman–Crippen MR) is 121 cm³/mol. The van der Waals surface area contributed by atoms with Gasteiger partial charge in [0.25, 0.3) is 0 Å². The fourth-order valence-electron chi connectivity index (χ4n) is 5.32. The zero-order valence-electron chi connectivity index (χ0n) is 18.3. The number of halogens is 1. The minimum Gasteiger partial charge on any atom is -0.486 e. The molecule has 0 amide bonds. The van der Waals surface area contributed by atoms with E-state index >= 15 is 4.39 Å². The number of hydrogen-bond donors (Lipinski definition) is 2. The van der Waals surface area contributed by atoms with Crippen molar-refractivity contribution in [2.75, 3.05) is 62.7 Å². The molecular weight excluding hydrogens is 409 g/mol. The van der Waals surface area contributed by atoms with E-state index in [4.69, 9.17) is 9.47 Å². The van der Waals surface area contributed by atoms with Gasteiger partial charge in [-0.1, -0.05) is 0 Å². The molecule has 0 saturated carbocycles. The summed E-state index contributed by atoms with van der Waals surface area (Å²) < 4.78 is 26.7. The molecule has 3 fully saturated rings. The summed E-state index contributed by atoms with van der Waals surface area (Å²) in [5, 5.41) is 6.80. The highest BCUT2D eigenvalue weighted by Gasteiger charge is 2.31. The van der Waals surface area contributed by atoms with E-state index < -0.39 is 0 Å². The van der Waals surface area contributed by atoms with Crippen LogP contribution in [0.2, 0.25) is 0 Å². The largest absolute Gasteiger partial charge is 0.486 e. The molecule has 0 aliphatic carbocycles. The fraction of sp³-hybridized carbons (Fsp3) is 0.542. The van der Waals surface area contributed by atoms with Crippen LogP contribution in [0.15, 0.2) is 24.4 Å². The second-order valence-corrected chi connectivity index (χ2v) is 9.16. The van der Waals surface area contributed by atoms with E-state index in [1.807, 2.05) is 18.3 Å². The maximum Gasteiger partial charge on any atom is 0.146 e. The van der Waals surface area contributed by atoms with Crippen LogP contribution < -0.4 is 20.3 Å². The lowest BCUT2D eigenvalue weighted by Crippen LogP contribution is -2.58. The maximum absolute atomic E-state index is 15.2. The van der Waals surface area contributed by atoms with Gasteiger partial charge in [0.05, 0.1) is 24.5 Å². The highest BCUT2D eigenvalue weighted by atomic mass is 19.1. The number of fused-ring (bicyclic) bond motifs is 2. The Kier molecular flexibility index (Phi) is 5.37. The molecule has 0 unspecified atom stereocenters. The third-order valence-electron chi connectivity index (χ3n) is 7.35. The van der Waals surface area contributed by atoms with Crippen LogP contribution in [0.4, 0.5) is 21.6 Å². The second kappa shape index (κ2) is 8.50. The van der Waals surface area contributed by atoms with Gasteiger partial charge in [-0.15, -0.1) is 0 Å². The lowest BCUT2D eigenvalue weighted by atomic mass is 9.87. The molecule has 5 heterocycles. The molecule has 2 aromatic rings. The smallest absolute Gasteiger partial charge is 0.146 e. The topological polar surface area (TPSA) is 61.9 Å². The van der Waals surface area contributed by atoms with Gasteiger partial charge in [0.1, 0.15) is 24.0 Å². The number of nitrogens with zero attached hydrogens (tertiary/aromatic N) is 3. The second-order valence-electron chi connectivity index (χ2n) is 9.16. The zero-order valence-corrected chi connectivity index (χ0v) is 18.3. The monoisotopic (exact) mass is 439 g/mol. The summed E-state index contributed by atoms with van der Waals surface area (Å²) in [6, 6.07) is 6.20. The van der Waals surface area contributed by atoms with Crippen LogP contribution in [0, 0.1) is 5.82 Å². The van der Waals surface area contributed by atoms with E-state index in [2.05, 4.69) is 25.4 Å². The van der Waals surface area contributed by atoms with Gasteiger partial charge in [0.2, 0.25) is 0 Å². The van der Waals surface area contributed by atoms with E-state index in [0.29, 0.717) is 18.4 Å². The highest BCUT2D eigenvalue weighted by molar-refractivity contribution is 5.73. The number of piperidine rings is 1. The summed E-state index contributed by atoms with van der Waals surface area (Å²) in [6.45, 7) is 7.72. The molecule has 0 atom stereocenters. The summed E-state index contributed by atoms with van der Waals surface area (Å²) in [7, 11) is 0. The Balaban J connectivity index is 1.25. The molecule has 170 valence electrons. The number of anilines is 3. The molecule has 0 spiro atoms. The molecule has 8 heteroatoms. The average molecular weight is 440 g/mol. The predicted octanol–water partition coefficient (Wildman–Crippen LogP) is 2.84. The third-order valence-corrected chi connectivity index (χ3v) is 7.35. The van der Waals surface area contributed by atoms with Crippen molar-refractivity contribution in [1.82, 2.24) is 15.2 Å². The van der Waals surface area contributed by atoms with Gasteiger partial charge < -0.3 is 25.0 Å². The summed E-state index contributed by atoms with van der Waals surface area (Å²) in [5.74, 6) is 1.41. The number of benzene rings is 1. The van der Waals surface area contributed by atoms with E-state index in [1.165, 1.54) is 0 Å². The summed E-state index contributed by atoms with van der Waals surface area (Å²) >= 11 is 0. The molecule has 0 radical (unpaired) electrons. The molecule has 3 saturated heterocycles. The van der Waals surface area contributed by atoms with Gasteiger partial charge in [-0.2, -0.15) is 0 Å². The van der Waals surface area contributed by atoms with Crippen LogP contribution in [0.1, 0.15) is 29.9 Å². The Bertz CT molecular complexity index is 985. The number of rotatable bonds is 3. The van der Waals surface area contributed by atoms with Crippen LogP contribution in [0.25, 0.3) is 0 Å². The molecule has 6 rings (SSSR count). The summed E-state index contributed by atoms with van der Waals surface area (Å²) in [5.41, 5.74) is 3.71. The lowest BCUT2D eigenvalue weighted by Gasteiger charge is -2.42. The first-order chi connectivity index (χ1) is 15.8. The van der Waals surface area contributed by atoms with Gasteiger partial charge in [-0.3, -0.25) is 4.90 Å². The third kappa shape index (κ3) is 3.70. The Morgan fingerprint density at radius 1 is 1.06 bits per heavy atom. The van der Waals surface area contributed by atoms with Gasteiger partial charge in [-0.05, 0) is 49.5 Å². The number of nitrogens with one attached hydrogen (secondary N) is 2. The van der Waals surface area contributed by atoms with Crippen molar-refractivity contribution in [2.24, 2.45) is 0 Å². The SMILES string of the molecule is Fc1cc2c(cc1C1CCN(C3CNC3)CC1)Nc1nccc(N3CCOCC3)c1CO2. The number of likely N-dealkylation sites (tertiary alicyclic amines) is 1. The normalized spacial score (nSPS) is 22.2. The van der Waals surface area contributed by atoms with Crippen molar-refractivity contribution < 1.29 is 13.9 Å². The van der Waals surface area contributed by atoms with E-state index in [9.17, 15) is 0 Å². The number of ether oxygens (including phenoxy) is 2. The molecule has 7 nitrogen and oxygen atoms in total. The Labute approximate surface area is 187 Å². The van der Waals surface area contributed by atoms with Crippen LogP contribution in [-0.4, -0.2) is 68.4 Å². The van der Waals surface area contributed by atoms with Crippen molar-refractivity contribution in [1.29, 1.82) is 0 Å². The van der Waals surface area contributed by atoms with Crippen molar-refractivity contribution >= 4 is 17.2 Å². The van der Waals surface area contributed by atoms with Crippen molar-refractivity contribution in [3.05, 3.63) is 41.3 Å². The number of hydrogen-bond acceptors (Lipinski definition) is 7. The Morgan fingerprint density at radius 2 is 1.88 bits per heavy atom. The van der Waals surface area contributed by atoms with Gasteiger partial charge >= 0.3 is 0 Å². The van der Waals surface area contributed by atoms with Crippen LogP contribution in [0.3, 0.4) is 0 Å². The molecular formula is C24H30FN5O2. The van der Waals surface area contributed by atoms with Crippen LogP contribution >= 0.6 is 0 Å². The van der Waals surface area contributed by atoms with Crippen LogP contribution in [-0.2, 0) is 11.3 Å². The van der Waals surface area contributed by atoms with Crippen molar-refractivity contribution in [3.63, 3.8) is 0 Å². The molecule has 2 N–H and O–H groups in total. The van der Waals surface area contributed by atoms with Crippen LogP contribution in [0.5, 0.6) is 5.75 Å². The molecule has 1 aromatic heterocycles. The van der Waals surface area contributed by atoms with Gasteiger partial charge in [0.15, 0.2) is 0 Å². The van der Waals surface area contributed by atoms with Crippen molar-refractivity contribution in [3.8, 4) is 5.75 Å². The number of aromatic nitrogens is 1. The zero-order chi connectivity index (χ0) is 21.5. The molecule has 0 bridgehead atoms. The van der Waals surface area contributed by atoms with Gasteiger partial charge in [-0.25, -0.2) is 9.37 Å². The number of pyridine rings is 1. The molecule has 4 aliphatic rings. The number of morpholine rings is 1. The van der Waals surface area contributed by atoms with Crippen molar-refractivity contribution in [2.45, 2.75) is 31.4 Å². The maximum atomic E-state index is 15.2. The summed E-state index contributed by atoms with van der Waals surface area (Å²) in [4.78, 5) is 9.44. The minimum atomic E-state index is -0.165. The Hall–Kier alpha value is -2.42. The molecule has 32 heavy (non-hydrogen) atoms. The summed E-state index contributed by atoms with van der Waals surface area (Å²) in [6.07, 6.45) is 3.81. The standard InChI is InChI=1S/C24H30FN5O2/c25-20-12-23-21(11-18(20)16-2-5-29(6-3-16)17-13-26-14-17)28-24-19(15-32-23)22(1-4-27-24)30-7-9-31-10-8-30/h1,4,11-12,16-17,26H,2-3,5-10,13-15H2,(H,27,28). The first-order valence-corrected chi connectivity index (χ1v) is 11.7. The fourth-order valence-corrected chi connectivity index (χ4v) is 5.32. The average Bonchev–Trinajstić information content (AvgIpc) is 2.97. The highest BCUT2D eigenvalue weighted by Crippen LogP contribution is 2.41. The van der Waals surface area contributed by atoms with E-state index in [0.717, 1.165) is 93.6 Å². The quantitative estimate of drug-likeness (QED) is 0.763. The van der Waals surface area contributed by atoms with E-state index in [1.54, 1.807) is 6.07 Å². The molecule has 1 aromatic carbocycles. The minimum absolute atomic E-state index is 0.165. The first-order valence-electron chi connectivity index (χ1n) is 11.7. The van der Waals surface area contributed by atoms with Gasteiger partial charge in [0, 0.05) is 50.2 Å². The molecule has 4 aliphatic heterocycles. The first kappa shape index (κ1) is 20.2. The van der Waals surface area contributed by atoms with E-state index in [-0.39, 0.29) is 11.7 Å². The Morgan fingerprint density at radius 3 is 2.62 bits per heavy atom. The lowest BCUT2D eigenvalue weighted by molar-refractivity contribution is 0.112.